The molecule has 0 amide bonds. The Hall–Kier alpha value is -2.74. The fourth-order valence-electron chi connectivity index (χ4n) is 1.85. The van der Waals surface area contributed by atoms with Gasteiger partial charge in [0.2, 0.25) is 0 Å². The Morgan fingerprint density at radius 3 is 3.09 bits per heavy atom. The highest BCUT2D eigenvalue weighted by atomic mass is 19.1. The molecule has 0 fully saturated rings. The van der Waals surface area contributed by atoms with Crippen LogP contribution in [-0.4, -0.2) is 44.2 Å². The van der Waals surface area contributed by atoms with Crippen molar-refractivity contribution in [2.24, 2.45) is 0 Å². The summed E-state index contributed by atoms with van der Waals surface area (Å²) >= 11 is 0. The van der Waals surface area contributed by atoms with Crippen LogP contribution in [0.25, 0.3) is 5.65 Å². The van der Waals surface area contributed by atoms with Crippen molar-refractivity contribution in [1.82, 2.24) is 19.8 Å². The Bertz CT molecular complexity index is 764. The van der Waals surface area contributed by atoms with Gasteiger partial charge in [-0.2, -0.15) is 4.52 Å². The van der Waals surface area contributed by atoms with Crippen molar-refractivity contribution in [1.29, 1.82) is 0 Å². The molecule has 0 aliphatic rings. The zero-order valence-corrected chi connectivity index (χ0v) is 11.6. The summed E-state index contributed by atoms with van der Waals surface area (Å²) < 4.78 is 19.8. The minimum absolute atomic E-state index is 0.0470. The van der Waals surface area contributed by atoms with Gasteiger partial charge in [0.15, 0.2) is 5.65 Å². The average Bonchev–Trinajstić information content (AvgIpc) is 2.98. The van der Waals surface area contributed by atoms with Gasteiger partial charge in [-0.15, -0.1) is 15.3 Å². The second-order valence-electron chi connectivity index (χ2n) is 4.66. The monoisotopic (exact) mass is 303 g/mol. The molecule has 0 spiro atoms. The van der Waals surface area contributed by atoms with Gasteiger partial charge < -0.3 is 15.2 Å². The quantitative estimate of drug-likeness (QED) is 0.710. The standard InChI is InChI=1S/C14H14FN5O2/c15-10-2-1-3-12(6-10)22-8-11(21)7-16-13-4-5-14-18-17-9-20(14)19-13/h1-6,9,11,21H,7-8H2,(H,16,19)/t11-/m1/s1. The molecule has 1 aromatic carbocycles. The van der Waals surface area contributed by atoms with E-state index in [0.29, 0.717) is 17.2 Å². The molecule has 2 N–H and O–H groups in total. The van der Waals surface area contributed by atoms with E-state index in [1.807, 2.05) is 0 Å². The van der Waals surface area contributed by atoms with Gasteiger partial charge in [-0.05, 0) is 24.3 Å². The van der Waals surface area contributed by atoms with Crippen LogP contribution in [0.5, 0.6) is 5.75 Å². The molecule has 0 radical (unpaired) electrons. The highest BCUT2D eigenvalue weighted by molar-refractivity contribution is 5.42. The van der Waals surface area contributed by atoms with Crippen LogP contribution in [0.15, 0.2) is 42.7 Å². The third-order valence-electron chi connectivity index (χ3n) is 2.92. The van der Waals surface area contributed by atoms with Gasteiger partial charge in [0.05, 0.1) is 0 Å². The zero-order valence-electron chi connectivity index (χ0n) is 11.6. The first-order valence-electron chi connectivity index (χ1n) is 6.68. The maximum absolute atomic E-state index is 13.0. The van der Waals surface area contributed by atoms with Crippen molar-refractivity contribution in [3.63, 3.8) is 0 Å². The summed E-state index contributed by atoms with van der Waals surface area (Å²) in [7, 11) is 0. The van der Waals surface area contributed by atoms with Crippen molar-refractivity contribution in [2.45, 2.75) is 6.10 Å². The molecule has 3 aromatic rings. The normalized spacial score (nSPS) is 12.3. The number of aliphatic hydroxyl groups excluding tert-OH is 1. The van der Waals surface area contributed by atoms with Crippen molar-refractivity contribution in [3.8, 4) is 5.75 Å². The SMILES string of the molecule is O[C@H](CNc1ccc2nncn2n1)COc1cccc(F)c1. The molecule has 8 heteroatoms. The summed E-state index contributed by atoms with van der Waals surface area (Å²) in [6, 6.07) is 9.28. The Morgan fingerprint density at radius 1 is 1.32 bits per heavy atom. The van der Waals surface area contributed by atoms with E-state index in [2.05, 4.69) is 20.6 Å². The van der Waals surface area contributed by atoms with Crippen LogP contribution in [0, 0.1) is 5.82 Å². The molecule has 0 unspecified atom stereocenters. The number of nitrogens with one attached hydrogen (secondary N) is 1. The van der Waals surface area contributed by atoms with E-state index < -0.39 is 6.10 Å². The van der Waals surface area contributed by atoms with Crippen LogP contribution >= 0.6 is 0 Å². The van der Waals surface area contributed by atoms with Crippen molar-refractivity contribution in [2.75, 3.05) is 18.5 Å². The number of halogens is 1. The molecule has 2 aromatic heterocycles. The van der Waals surface area contributed by atoms with E-state index in [0.717, 1.165) is 0 Å². The lowest BCUT2D eigenvalue weighted by atomic mass is 10.3. The van der Waals surface area contributed by atoms with Crippen LogP contribution in [0.3, 0.4) is 0 Å². The summed E-state index contributed by atoms with van der Waals surface area (Å²) in [6.07, 6.45) is 0.728. The summed E-state index contributed by atoms with van der Waals surface area (Å²) in [5.74, 6) is 0.580. The van der Waals surface area contributed by atoms with Gasteiger partial charge in [0.25, 0.3) is 0 Å². The minimum atomic E-state index is -0.762. The fourth-order valence-corrected chi connectivity index (χ4v) is 1.85. The molecule has 2 heterocycles. The second kappa shape index (κ2) is 6.35. The van der Waals surface area contributed by atoms with Gasteiger partial charge in [-0.3, -0.25) is 0 Å². The van der Waals surface area contributed by atoms with Crippen LogP contribution < -0.4 is 10.1 Å². The first kappa shape index (κ1) is 14.2. The Labute approximate surface area is 125 Å². The molecule has 1 atom stereocenters. The highest BCUT2D eigenvalue weighted by Gasteiger charge is 2.07. The van der Waals surface area contributed by atoms with Gasteiger partial charge in [0.1, 0.15) is 36.4 Å². The largest absolute Gasteiger partial charge is 0.491 e. The Kier molecular flexibility index (Phi) is 4.10. The molecule has 22 heavy (non-hydrogen) atoms. The Morgan fingerprint density at radius 2 is 2.23 bits per heavy atom. The summed E-state index contributed by atoms with van der Waals surface area (Å²) in [5.41, 5.74) is 0.639. The topological polar surface area (TPSA) is 84.6 Å². The predicted octanol–water partition coefficient (Wildman–Crippen LogP) is 1.12. The smallest absolute Gasteiger partial charge is 0.177 e. The third kappa shape index (κ3) is 3.47. The average molecular weight is 303 g/mol. The molecule has 0 aliphatic carbocycles. The summed E-state index contributed by atoms with van der Waals surface area (Å²) in [5, 5.41) is 24.7. The predicted molar refractivity (Wildman–Crippen MR) is 77.2 cm³/mol. The van der Waals surface area contributed by atoms with Crippen molar-refractivity contribution >= 4 is 11.5 Å². The van der Waals surface area contributed by atoms with E-state index in [1.165, 1.54) is 23.0 Å². The van der Waals surface area contributed by atoms with E-state index >= 15 is 0 Å². The number of benzene rings is 1. The van der Waals surface area contributed by atoms with Gasteiger partial charge in [-0.1, -0.05) is 6.07 Å². The number of aliphatic hydroxyl groups is 1. The number of ether oxygens (including phenoxy) is 1. The lowest BCUT2D eigenvalue weighted by molar-refractivity contribution is 0.117. The van der Waals surface area contributed by atoms with Crippen LogP contribution in [0.4, 0.5) is 10.2 Å². The van der Waals surface area contributed by atoms with Crippen LogP contribution in [0.1, 0.15) is 0 Å². The molecule has 114 valence electrons. The van der Waals surface area contributed by atoms with Gasteiger partial charge in [0, 0.05) is 12.6 Å². The number of nitrogens with zero attached hydrogens (tertiary/aromatic N) is 4. The number of hydrogen-bond acceptors (Lipinski definition) is 6. The third-order valence-corrected chi connectivity index (χ3v) is 2.92. The minimum Gasteiger partial charge on any atom is -0.491 e. The molecule has 3 rings (SSSR count). The maximum Gasteiger partial charge on any atom is 0.177 e. The number of anilines is 1. The first-order chi connectivity index (χ1) is 10.7. The lowest BCUT2D eigenvalue weighted by Gasteiger charge is -2.13. The van der Waals surface area contributed by atoms with E-state index in [9.17, 15) is 9.50 Å². The van der Waals surface area contributed by atoms with E-state index in [-0.39, 0.29) is 19.0 Å². The van der Waals surface area contributed by atoms with Crippen LogP contribution in [0.2, 0.25) is 0 Å². The van der Waals surface area contributed by atoms with Crippen LogP contribution in [-0.2, 0) is 0 Å². The highest BCUT2D eigenvalue weighted by Crippen LogP contribution is 2.12. The molecule has 0 saturated carbocycles. The Balaban J connectivity index is 1.50. The number of fused-ring (bicyclic) bond motifs is 1. The van der Waals surface area contributed by atoms with Crippen molar-refractivity contribution in [3.05, 3.63) is 48.5 Å². The first-order valence-corrected chi connectivity index (χ1v) is 6.68. The molecular formula is C14H14FN5O2. The number of rotatable bonds is 6. The van der Waals surface area contributed by atoms with Crippen molar-refractivity contribution < 1.29 is 14.2 Å². The maximum atomic E-state index is 13.0. The summed E-state index contributed by atoms with van der Waals surface area (Å²) in [6.45, 7) is 0.293. The zero-order chi connectivity index (χ0) is 15.4. The summed E-state index contributed by atoms with van der Waals surface area (Å²) in [4.78, 5) is 0. The fraction of sp³-hybridized carbons (Fsp3) is 0.214. The molecule has 0 aliphatic heterocycles. The lowest BCUT2D eigenvalue weighted by Crippen LogP contribution is -2.26. The molecule has 7 nitrogen and oxygen atoms in total. The molecule has 0 saturated heterocycles. The molecular weight excluding hydrogens is 289 g/mol. The number of aromatic nitrogens is 4. The number of hydrogen-bond donors (Lipinski definition) is 2. The van der Waals surface area contributed by atoms with Gasteiger partial charge >= 0.3 is 0 Å². The second-order valence-corrected chi connectivity index (χ2v) is 4.66. The van der Waals surface area contributed by atoms with E-state index in [4.69, 9.17) is 4.74 Å². The molecule has 0 bridgehead atoms. The van der Waals surface area contributed by atoms with E-state index in [1.54, 1.807) is 24.3 Å². The van der Waals surface area contributed by atoms with Gasteiger partial charge in [-0.25, -0.2) is 4.39 Å².